The number of carbonyl (C=O) groups excluding carboxylic acids is 3. The fourth-order valence-corrected chi connectivity index (χ4v) is 4.06. The summed E-state index contributed by atoms with van der Waals surface area (Å²) in [7, 11) is 0. The maximum absolute atomic E-state index is 13.1. The van der Waals surface area contributed by atoms with E-state index in [-0.39, 0.29) is 27.8 Å². The summed E-state index contributed by atoms with van der Waals surface area (Å²) in [6.45, 7) is 1.39. The number of halogens is 2. The molecule has 2 amide bonds. The first kappa shape index (κ1) is 22.6. The minimum absolute atomic E-state index is 0.0597. The average molecular weight is 481 g/mol. The van der Waals surface area contributed by atoms with Gasteiger partial charge in [0.15, 0.2) is 0 Å². The molecule has 0 bridgehead atoms. The van der Waals surface area contributed by atoms with E-state index < -0.39 is 17.7 Å². The van der Waals surface area contributed by atoms with Crippen molar-refractivity contribution < 1.29 is 19.5 Å². The number of amides is 2. The topological polar surface area (TPSA) is 86.7 Å². The highest BCUT2D eigenvalue weighted by atomic mass is 35.5. The Bertz CT molecular complexity index is 1290. The molecule has 4 rings (SSSR count). The van der Waals surface area contributed by atoms with Crippen molar-refractivity contribution in [2.75, 3.05) is 10.2 Å². The fourth-order valence-electron chi connectivity index (χ4n) is 3.76. The number of aliphatic hydroxyl groups excluding tert-OH is 1. The van der Waals surface area contributed by atoms with Crippen LogP contribution in [0.25, 0.3) is 5.76 Å². The van der Waals surface area contributed by atoms with Crippen LogP contribution in [-0.2, 0) is 14.4 Å². The molecule has 3 aromatic rings. The predicted molar refractivity (Wildman–Crippen MR) is 128 cm³/mol. The number of hydrogen-bond donors (Lipinski definition) is 2. The van der Waals surface area contributed by atoms with Gasteiger partial charge in [0.1, 0.15) is 5.76 Å². The predicted octanol–water partition coefficient (Wildman–Crippen LogP) is 5.58. The molecule has 166 valence electrons. The van der Waals surface area contributed by atoms with Crippen LogP contribution >= 0.6 is 23.2 Å². The number of aliphatic hydroxyl groups is 1. The van der Waals surface area contributed by atoms with Crippen LogP contribution in [0, 0.1) is 0 Å². The van der Waals surface area contributed by atoms with Crippen LogP contribution in [-0.4, -0.2) is 22.7 Å². The number of Topliss-reactive ketones (excluding diaryl/α,β-unsaturated/α-hetero) is 1. The molecule has 0 saturated carbocycles. The Morgan fingerprint density at radius 2 is 1.61 bits per heavy atom. The molecule has 1 atom stereocenters. The van der Waals surface area contributed by atoms with Crippen molar-refractivity contribution in [2.45, 2.75) is 13.0 Å². The van der Waals surface area contributed by atoms with Gasteiger partial charge in [-0.1, -0.05) is 53.5 Å². The molecule has 3 aromatic carbocycles. The normalized spacial score (nSPS) is 17.3. The number of nitrogens with one attached hydrogen (secondary N) is 1. The highest BCUT2D eigenvalue weighted by molar-refractivity contribution is 6.51. The van der Waals surface area contributed by atoms with Gasteiger partial charge in [0.25, 0.3) is 11.7 Å². The minimum Gasteiger partial charge on any atom is -0.507 e. The number of ketones is 1. The van der Waals surface area contributed by atoms with E-state index in [0.29, 0.717) is 22.0 Å². The molecule has 0 spiro atoms. The van der Waals surface area contributed by atoms with Gasteiger partial charge in [-0.2, -0.15) is 0 Å². The molecule has 0 aromatic heterocycles. The summed E-state index contributed by atoms with van der Waals surface area (Å²) in [5.41, 5.74) is 1.84. The Hall–Kier alpha value is -3.61. The Balaban J connectivity index is 1.87. The monoisotopic (exact) mass is 480 g/mol. The first-order valence-corrected chi connectivity index (χ1v) is 10.7. The van der Waals surface area contributed by atoms with Gasteiger partial charge in [-0.05, 0) is 48.0 Å². The third-order valence-electron chi connectivity index (χ3n) is 5.22. The lowest BCUT2D eigenvalue weighted by Gasteiger charge is -2.25. The molecule has 6 nitrogen and oxygen atoms in total. The first-order chi connectivity index (χ1) is 15.8. The zero-order valence-electron chi connectivity index (χ0n) is 17.4. The summed E-state index contributed by atoms with van der Waals surface area (Å²) < 4.78 is 0. The van der Waals surface area contributed by atoms with E-state index in [9.17, 15) is 19.5 Å². The summed E-state index contributed by atoms with van der Waals surface area (Å²) in [5.74, 6) is -2.18. The molecule has 1 aliphatic heterocycles. The fraction of sp³-hybridized carbons (Fsp3) is 0.0800. The van der Waals surface area contributed by atoms with Crippen LogP contribution < -0.4 is 10.2 Å². The molecule has 1 fully saturated rings. The lowest BCUT2D eigenvalue weighted by Crippen LogP contribution is -2.29. The van der Waals surface area contributed by atoms with Crippen molar-refractivity contribution in [1.29, 1.82) is 0 Å². The standard InChI is InChI=1S/C25H18Cl2N2O4/c1-14(30)28-17-8-10-18(11-9-17)29-22(15-5-3-2-4-6-15)21(24(32)25(29)33)23(31)16-7-12-19(26)20(27)13-16/h2-13,22,31H,1H3,(H,28,30)/b23-21-. The van der Waals surface area contributed by atoms with Gasteiger partial charge < -0.3 is 10.4 Å². The molecule has 33 heavy (non-hydrogen) atoms. The molecule has 1 saturated heterocycles. The number of nitrogens with zero attached hydrogens (tertiary/aromatic N) is 1. The van der Waals surface area contributed by atoms with E-state index in [1.807, 2.05) is 6.07 Å². The number of anilines is 2. The molecular formula is C25H18Cl2N2O4. The van der Waals surface area contributed by atoms with E-state index in [0.717, 1.165) is 0 Å². The van der Waals surface area contributed by atoms with Gasteiger partial charge in [-0.3, -0.25) is 19.3 Å². The summed E-state index contributed by atoms with van der Waals surface area (Å²) >= 11 is 12.1. The minimum atomic E-state index is -0.868. The number of benzene rings is 3. The second-order valence-electron chi connectivity index (χ2n) is 7.44. The molecule has 0 aliphatic carbocycles. The zero-order valence-corrected chi connectivity index (χ0v) is 18.9. The van der Waals surface area contributed by atoms with E-state index in [4.69, 9.17) is 23.2 Å². The Labute approximate surface area is 200 Å². The number of rotatable bonds is 4. The van der Waals surface area contributed by atoms with Gasteiger partial charge in [-0.25, -0.2) is 0 Å². The van der Waals surface area contributed by atoms with Gasteiger partial charge in [-0.15, -0.1) is 0 Å². The van der Waals surface area contributed by atoms with Gasteiger partial charge in [0.05, 0.1) is 21.7 Å². The third-order valence-corrected chi connectivity index (χ3v) is 5.96. The molecule has 1 heterocycles. The molecule has 1 aliphatic rings. The quantitative estimate of drug-likeness (QED) is 0.290. The summed E-state index contributed by atoms with van der Waals surface area (Å²) in [6.07, 6.45) is 0. The smallest absolute Gasteiger partial charge is 0.300 e. The van der Waals surface area contributed by atoms with Gasteiger partial charge >= 0.3 is 0 Å². The number of carbonyl (C=O) groups is 3. The van der Waals surface area contributed by atoms with Crippen molar-refractivity contribution in [3.63, 3.8) is 0 Å². The SMILES string of the molecule is CC(=O)Nc1ccc(N2C(=O)C(=O)/C(=C(\O)c3ccc(Cl)c(Cl)c3)C2c2ccccc2)cc1. The van der Waals surface area contributed by atoms with Crippen molar-refractivity contribution >= 4 is 57.9 Å². The van der Waals surface area contributed by atoms with Crippen LogP contribution in [0.5, 0.6) is 0 Å². The zero-order chi connectivity index (χ0) is 23.7. The van der Waals surface area contributed by atoms with Crippen molar-refractivity contribution in [3.8, 4) is 0 Å². The third kappa shape index (κ3) is 4.35. The molecule has 2 N–H and O–H groups in total. The second kappa shape index (κ2) is 9.10. The molecule has 8 heteroatoms. The molecule has 1 unspecified atom stereocenters. The Morgan fingerprint density at radius 1 is 0.939 bits per heavy atom. The first-order valence-electron chi connectivity index (χ1n) is 9.97. The van der Waals surface area contributed by atoms with Crippen LogP contribution in [0.2, 0.25) is 10.0 Å². The lowest BCUT2D eigenvalue weighted by molar-refractivity contribution is -0.132. The van der Waals surface area contributed by atoms with Gasteiger partial charge in [0, 0.05) is 23.9 Å². The van der Waals surface area contributed by atoms with Gasteiger partial charge in [0.2, 0.25) is 5.91 Å². The largest absolute Gasteiger partial charge is 0.507 e. The van der Waals surface area contributed by atoms with Crippen LogP contribution in [0.3, 0.4) is 0 Å². The average Bonchev–Trinajstić information content (AvgIpc) is 3.06. The Kier molecular flexibility index (Phi) is 6.22. The highest BCUT2D eigenvalue weighted by Gasteiger charge is 2.46. The molecule has 0 radical (unpaired) electrons. The van der Waals surface area contributed by atoms with Crippen LogP contribution in [0.1, 0.15) is 24.1 Å². The van der Waals surface area contributed by atoms with Crippen molar-refractivity contribution in [1.82, 2.24) is 0 Å². The second-order valence-corrected chi connectivity index (χ2v) is 8.25. The summed E-state index contributed by atoms with van der Waals surface area (Å²) in [4.78, 5) is 38.9. The Morgan fingerprint density at radius 3 is 2.21 bits per heavy atom. The van der Waals surface area contributed by atoms with Crippen LogP contribution in [0.4, 0.5) is 11.4 Å². The maximum Gasteiger partial charge on any atom is 0.300 e. The van der Waals surface area contributed by atoms with E-state index in [1.54, 1.807) is 48.5 Å². The highest BCUT2D eigenvalue weighted by Crippen LogP contribution is 2.42. The van der Waals surface area contributed by atoms with Crippen molar-refractivity contribution in [2.24, 2.45) is 0 Å². The van der Waals surface area contributed by atoms with E-state index >= 15 is 0 Å². The van der Waals surface area contributed by atoms with E-state index in [2.05, 4.69) is 5.32 Å². The summed E-state index contributed by atoms with van der Waals surface area (Å²) in [6, 6.07) is 19.1. The number of hydrogen-bond acceptors (Lipinski definition) is 4. The molecular weight excluding hydrogens is 463 g/mol. The summed E-state index contributed by atoms with van der Waals surface area (Å²) in [5, 5.41) is 14.3. The van der Waals surface area contributed by atoms with Crippen molar-refractivity contribution in [3.05, 3.63) is 99.5 Å². The van der Waals surface area contributed by atoms with E-state index in [1.165, 1.54) is 30.0 Å². The van der Waals surface area contributed by atoms with Crippen LogP contribution in [0.15, 0.2) is 78.4 Å². The lowest BCUT2D eigenvalue weighted by atomic mass is 9.95. The maximum atomic E-state index is 13.1.